The van der Waals surface area contributed by atoms with E-state index in [1.165, 1.54) is 11.3 Å². The van der Waals surface area contributed by atoms with Crippen molar-refractivity contribution in [3.8, 4) is 11.4 Å². The predicted molar refractivity (Wildman–Crippen MR) is 133 cm³/mol. The van der Waals surface area contributed by atoms with Gasteiger partial charge < -0.3 is 20.3 Å². The van der Waals surface area contributed by atoms with Crippen LogP contribution in [-0.4, -0.2) is 97.7 Å². The molecule has 0 saturated carbocycles. The van der Waals surface area contributed by atoms with Crippen molar-refractivity contribution in [2.75, 3.05) is 70.2 Å². The number of ether oxygens (including phenoxy) is 1. The van der Waals surface area contributed by atoms with Gasteiger partial charge in [-0.05, 0) is 13.1 Å². The van der Waals surface area contributed by atoms with Crippen LogP contribution in [0.2, 0.25) is 0 Å². The number of alkyl halides is 3. The number of halogens is 3. The number of fused-ring (bicyclic) bond motifs is 1. The van der Waals surface area contributed by atoms with E-state index in [1.54, 1.807) is 0 Å². The summed E-state index contributed by atoms with van der Waals surface area (Å²) in [5.74, 6) is 0.300. The van der Waals surface area contributed by atoms with Gasteiger partial charge in [0.25, 0.3) is 0 Å². The molecule has 16 heteroatoms. The third-order valence-electron chi connectivity index (χ3n) is 6.02. The fraction of sp³-hybridized carbons (Fsp3) is 0.524. The molecule has 2 saturated heterocycles. The smallest absolute Gasteiger partial charge is 0.384 e. The Balaban J connectivity index is 0.00000102. The average molecular weight is 559 g/mol. The summed E-state index contributed by atoms with van der Waals surface area (Å²) in [6.07, 6.45) is -3.54. The second-order valence-corrected chi connectivity index (χ2v) is 9.75. The van der Waals surface area contributed by atoms with Gasteiger partial charge in [0.15, 0.2) is 17.3 Å². The Kier molecular flexibility index (Phi) is 8.63. The molecule has 3 aromatic heterocycles. The number of rotatable bonds is 4. The van der Waals surface area contributed by atoms with Gasteiger partial charge in [0, 0.05) is 45.5 Å². The summed E-state index contributed by atoms with van der Waals surface area (Å²) in [6, 6.07) is 0.817. The van der Waals surface area contributed by atoms with Crippen LogP contribution in [0.3, 0.4) is 0 Å². The lowest BCUT2D eigenvalue weighted by molar-refractivity contribution is -0.137. The molecule has 0 atom stereocenters. The summed E-state index contributed by atoms with van der Waals surface area (Å²) in [5, 5.41) is 0.868. The van der Waals surface area contributed by atoms with Gasteiger partial charge in [-0.2, -0.15) is 21.6 Å². The molecule has 0 amide bonds. The van der Waals surface area contributed by atoms with Crippen LogP contribution in [0.1, 0.15) is 10.6 Å². The first-order chi connectivity index (χ1) is 17.7. The Bertz CT molecular complexity index is 1270. The van der Waals surface area contributed by atoms with Gasteiger partial charge in [0.05, 0.1) is 30.9 Å². The number of aromatic nitrogens is 4. The molecule has 0 unspecified atom stereocenters. The van der Waals surface area contributed by atoms with Crippen molar-refractivity contribution in [3.63, 3.8) is 0 Å². The second-order valence-electron chi connectivity index (χ2n) is 8.53. The molecule has 3 aromatic rings. The predicted octanol–water partition coefficient (Wildman–Crippen LogP) is 1.66. The lowest BCUT2D eigenvalue weighted by atomic mass is 10.1. The van der Waals surface area contributed by atoms with E-state index in [-0.39, 0.29) is 17.2 Å². The van der Waals surface area contributed by atoms with Gasteiger partial charge in [0.1, 0.15) is 15.5 Å². The fourth-order valence-electron chi connectivity index (χ4n) is 4.11. The lowest BCUT2D eigenvalue weighted by Gasteiger charge is -2.31. The number of anilines is 2. The molecule has 0 spiro atoms. The van der Waals surface area contributed by atoms with Crippen LogP contribution in [0.15, 0.2) is 12.3 Å². The molecule has 2 aliphatic rings. The topological polar surface area (TPSA) is 131 Å². The van der Waals surface area contributed by atoms with Crippen LogP contribution >= 0.6 is 11.3 Å². The highest BCUT2D eigenvalue weighted by molar-refractivity contribution is 7.51. The largest absolute Gasteiger partial charge is 0.417 e. The van der Waals surface area contributed by atoms with Gasteiger partial charge in [-0.15, -0.1) is 11.3 Å². The minimum absolute atomic E-state index is 0.0646. The quantitative estimate of drug-likeness (QED) is 0.502. The molecule has 0 aromatic carbocycles. The molecular weight excluding hydrogens is 533 g/mol. The zero-order valence-corrected chi connectivity index (χ0v) is 21.5. The van der Waals surface area contributed by atoms with Crippen molar-refractivity contribution in [1.82, 2.24) is 29.7 Å². The molecule has 5 rings (SSSR count). The van der Waals surface area contributed by atoms with Crippen LogP contribution in [0, 0.1) is 0 Å². The van der Waals surface area contributed by atoms with E-state index in [4.69, 9.17) is 23.9 Å². The number of thiazole rings is 1. The molecule has 5 heterocycles. The summed E-state index contributed by atoms with van der Waals surface area (Å²) in [7, 11) is 2.10. The maximum atomic E-state index is 13.8. The number of piperazine rings is 1. The van der Waals surface area contributed by atoms with E-state index in [2.05, 4.69) is 31.8 Å². The first kappa shape index (κ1) is 27.3. The molecule has 200 valence electrons. The Morgan fingerprint density at radius 1 is 1.08 bits per heavy atom. The van der Waals surface area contributed by atoms with Crippen LogP contribution in [0.4, 0.5) is 24.8 Å². The van der Waals surface area contributed by atoms with Crippen molar-refractivity contribution >= 4 is 44.9 Å². The van der Waals surface area contributed by atoms with E-state index >= 15 is 0 Å². The molecule has 2 aliphatic heterocycles. The highest BCUT2D eigenvalue weighted by Gasteiger charge is 2.35. The minimum atomic E-state index is -4.63. The molecule has 2 N–H and O–H groups in total. The van der Waals surface area contributed by atoms with Crippen molar-refractivity contribution < 1.29 is 26.3 Å². The standard InChI is InChI=1S/C21H25F3N8OS.O2S/c1-30-2-4-31(5-3-30)12-16-27-19-17(34-16)20(32-6-8-33-9-7-32)29-18(28-19)13-11-26-15(25)10-14(13)21(22,23)24;1-3-2/h10-11H,2-9,12H2,1H3,(H2,25,26);. The molecule has 37 heavy (non-hydrogen) atoms. The van der Waals surface area contributed by atoms with Crippen LogP contribution in [0.25, 0.3) is 21.7 Å². The fourth-order valence-corrected chi connectivity index (χ4v) is 5.18. The molecule has 2 fully saturated rings. The Morgan fingerprint density at radius 2 is 1.76 bits per heavy atom. The van der Waals surface area contributed by atoms with Gasteiger partial charge >= 0.3 is 17.7 Å². The highest BCUT2D eigenvalue weighted by Crippen LogP contribution is 2.39. The van der Waals surface area contributed by atoms with Crippen LogP contribution < -0.4 is 10.6 Å². The van der Waals surface area contributed by atoms with Crippen molar-refractivity contribution in [3.05, 3.63) is 22.8 Å². The maximum absolute atomic E-state index is 13.8. The van der Waals surface area contributed by atoms with E-state index in [9.17, 15) is 13.2 Å². The van der Waals surface area contributed by atoms with Gasteiger partial charge in [0.2, 0.25) is 0 Å². The van der Waals surface area contributed by atoms with E-state index in [0.29, 0.717) is 44.3 Å². The number of morpholine rings is 1. The zero-order valence-electron chi connectivity index (χ0n) is 19.9. The number of nitrogens with zero attached hydrogens (tertiary/aromatic N) is 7. The summed E-state index contributed by atoms with van der Waals surface area (Å²) in [6.45, 7) is 6.72. The number of hydrogen-bond donors (Lipinski definition) is 1. The van der Waals surface area contributed by atoms with E-state index in [1.807, 2.05) is 4.90 Å². The average Bonchev–Trinajstić information content (AvgIpc) is 3.27. The van der Waals surface area contributed by atoms with E-state index in [0.717, 1.165) is 48.1 Å². The molecular formula is C21H25F3N8O3S2. The number of nitrogen functional groups attached to an aromatic ring is 1. The second kappa shape index (κ2) is 11.7. The summed E-state index contributed by atoms with van der Waals surface area (Å²) < 4.78 is 64.2. The van der Waals surface area contributed by atoms with Crippen molar-refractivity contribution in [1.29, 1.82) is 0 Å². The Hall–Kier alpha value is -2.79. The van der Waals surface area contributed by atoms with Gasteiger partial charge in [-0.1, -0.05) is 0 Å². The third kappa shape index (κ3) is 6.56. The molecule has 11 nitrogen and oxygen atoms in total. The Labute approximate surface area is 218 Å². The Morgan fingerprint density at radius 3 is 2.41 bits per heavy atom. The monoisotopic (exact) mass is 558 g/mol. The van der Waals surface area contributed by atoms with Gasteiger partial charge in [-0.3, -0.25) is 4.90 Å². The highest BCUT2D eigenvalue weighted by atomic mass is 32.1. The molecule has 0 aliphatic carbocycles. The number of pyridine rings is 1. The van der Waals surface area contributed by atoms with Gasteiger partial charge in [-0.25, -0.2) is 19.9 Å². The maximum Gasteiger partial charge on any atom is 0.417 e. The van der Waals surface area contributed by atoms with Crippen LogP contribution in [0.5, 0.6) is 0 Å². The van der Waals surface area contributed by atoms with E-state index < -0.39 is 23.3 Å². The molecule has 0 radical (unpaired) electrons. The first-order valence-corrected chi connectivity index (χ1v) is 12.8. The first-order valence-electron chi connectivity index (χ1n) is 11.4. The normalized spacial score (nSPS) is 17.5. The number of hydrogen-bond acceptors (Lipinski definition) is 12. The summed E-state index contributed by atoms with van der Waals surface area (Å²) in [4.78, 5) is 24.3. The minimum Gasteiger partial charge on any atom is -0.384 e. The SMILES string of the molecule is CN1CCN(Cc2nc3nc(-c4cnc(N)cc4C(F)(F)F)nc(N4CCOCC4)c3s2)CC1.O=S=O. The summed E-state index contributed by atoms with van der Waals surface area (Å²) in [5.41, 5.74) is 4.81. The molecule has 0 bridgehead atoms. The summed E-state index contributed by atoms with van der Waals surface area (Å²) >= 11 is 0.746. The zero-order chi connectivity index (χ0) is 26.6. The lowest BCUT2D eigenvalue weighted by Crippen LogP contribution is -2.43. The van der Waals surface area contributed by atoms with Crippen molar-refractivity contribution in [2.45, 2.75) is 12.7 Å². The number of likely N-dealkylation sites (N-methyl/N-ethyl adjacent to an activating group) is 1. The van der Waals surface area contributed by atoms with Crippen molar-refractivity contribution in [2.24, 2.45) is 0 Å². The third-order valence-corrected chi connectivity index (χ3v) is 7.04. The van der Waals surface area contributed by atoms with Crippen LogP contribution in [-0.2, 0) is 29.0 Å². The number of nitrogens with two attached hydrogens (primary N) is 1.